The fourth-order valence-electron chi connectivity index (χ4n) is 3.70. The van der Waals surface area contributed by atoms with E-state index in [1.165, 1.54) is 16.8 Å². The zero-order chi connectivity index (χ0) is 22.8. The van der Waals surface area contributed by atoms with Crippen LogP contribution in [0.1, 0.15) is 12.0 Å². The molecule has 172 valence electrons. The minimum Gasteiger partial charge on any atom is -0.497 e. The summed E-state index contributed by atoms with van der Waals surface area (Å²) in [6, 6.07) is 16.4. The van der Waals surface area contributed by atoms with Crippen molar-refractivity contribution in [3.63, 3.8) is 0 Å². The van der Waals surface area contributed by atoms with Gasteiger partial charge in [0.1, 0.15) is 11.5 Å². The average molecular weight is 437 g/mol. The van der Waals surface area contributed by atoms with Crippen LogP contribution in [-0.2, 0) is 0 Å². The molecule has 2 aromatic rings. The van der Waals surface area contributed by atoms with Gasteiger partial charge in [0.25, 0.3) is 0 Å². The molecule has 1 aliphatic rings. The van der Waals surface area contributed by atoms with Crippen LogP contribution in [0.4, 0.5) is 5.69 Å². The lowest BCUT2D eigenvalue weighted by Crippen LogP contribution is -2.30. The van der Waals surface area contributed by atoms with E-state index in [1.54, 1.807) is 7.11 Å². The SMILES string of the molecule is CNCCN(C)CC1=CCN=C1c1ccc(N(C)CCCOc2ccc(OC)cc2)cc1. The van der Waals surface area contributed by atoms with Gasteiger partial charge >= 0.3 is 0 Å². The predicted molar refractivity (Wildman–Crippen MR) is 134 cm³/mol. The normalized spacial score (nSPS) is 13.2. The molecule has 0 aliphatic carbocycles. The van der Waals surface area contributed by atoms with Crippen LogP contribution in [0.25, 0.3) is 0 Å². The molecule has 0 atom stereocenters. The Morgan fingerprint density at radius 1 is 0.969 bits per heavy atom. The highest BCUT2D eigenvalue weighted by Crippen LogP contribution is 2.20. The van der Waals surface area contributed by atoms with Gasteiger partial charge in [0.05, 0.1) is 26.0 Å². The van der Waals surface area contributed by atoms with E-state index in [2.05, 4.69) is 59.6 Å². The number of ether oxygens (including phenoxy) is 2. The minimum atomic E-state index is 0.681. The zero-order valence-corrected chi connectivity index (χ0v) is 19.8. The number of anilines is 1. The monoisotopic (exact) mass is 436 g/mol. The van der Waals surface area contributed by atoms with Gasteiger partial charge in [-0.3, -0.25) is 4.99 Å². The summed E-state index contributed by atoms with van der Waals surface area (Å²) in [5.41, 5.74) is 4.84. The van der Waals surface area contributed by atoms with Crippen molar-refractivity contribution >= 4 is 11.4 Å². The molecule has 0 saturated heterocycles. The number of nitrogens with one attached hydrogen (secondary N) is 1. The molecule has 32 heavy (non-hydrogen) atoms. The maximum atomic E-state index is 5.83. The van der Waals surface area contributed by atoms with Crippen molar-refractivity contribution in [3.05, 3.63) is 65.7 Å². The van der Waals surface area contributed by atoms with Gasteiger partial charge in [-0.05, 0) is 62.5 Å². The molecule has 0 amide bonds. The number of hydrogen-bond acceptors (Lipinski definition) is 6. The summed E-state index contributed by atoms with van der Waals surface area (Å²) in [5, 5.41) is 3.21. The van der Waals surface area contributed by atoms with Gasteiger partial charge in [-0.15, -0.1) is 0 Å². The van der Waals surface area contributed by atoms with Crippen LogP contribution in [0.3, 0.4) is 0 Å². The predicted octanol–water partition coefficient (Wildman–Crippen LogP) is 3.48. The number of benzene rings is 2. The quantitative estimate of drug-likeness (QED) is 0.487. The molecule has 2 aromatic carbocycles. The van der Waals surface area contributed by atoms with Crippen molar-refractivity contribution in [2.45, 2.75) is 6.42 Å². The van der Waals surface area contributed by atoms with Gasteiger partial charge in [0, 0.05) is 44.5 Å². The second-order valence-electron chi connectivity index (χ2n) is 8.11. The van der Waals surface area contributed by atoms with Crippen LogP contribution in [0.15, 0.2) is 65.2 Å². The maximum Gasteiger partial charge on any atom is 0.119 e. The van der Waals surface area contributed by atoms with Gasteiger partial charge in [-0.1, -0.05) is 18.2 Å². The smallest absolute Gasteiger partial charge is 0.119 e. The third-order valence-electron chi connectivity index (χ3n) is 5.62. The van der Waals surface area contributed by atoms with E-state index in [0.717, 1.165) is 56.4 Å². The first kappa shape index (κ1) is 23.8. The molecular weight excluding hydrogens is 400 g/mol. The summed E-state index contributed by atoms with van der Waals surface area (Å²) in [5.74, 6) is 1.71. The highest BCUT2D eigenvalue weighted by molar-refractivity contribution is 6.14. The summed E-state index contributed by atoms with van der Waals surface area (Å²) < 4.78 is 11.0. The number of hydrogen-bond donors (Lipinski definition) is 1. The Labute approximate surface area is 192 Å². The second-order valence-corrected chi connectivity index (χ2v) is 8.11. The Morgan fingerprint density at radius 3 is 2.38 bits per heavy atom. The first-order valence-corrected chi connectivity index (χ1v) is 11.3. The van der Waals surface area contributed by atoms with Gasteiger partial charge < -0.3 is 24.6 Å². The Morgan fingerprint density at radius 2 is 1.69 bits per heavy atom. The van der Waals surface area contributed by atoms with Crippen molar-refractivity contribution in [2.75, 3.05) is 72.5 Å². The maximum absolute atomic E-state index is 5.83. The van der Waals surface area contributed by atoms with Gasteiger partial charge in [0.15, 0.2) is 0 Å². The lowest BCUT2D eigenvalue weighted by Gasteiger charge is -2.21. The first-order chi connectivity index (χ1) is 15.6. The summed E-state index contributed by atoms with van der Waals surface area (Å²) in [6.45, 7) is 5.32. The molecule has 0 radical (unpaired) electrons. The van der Waals surface area contributed by atoms with Crippen molar-refractivity contribution in [2.24, 2.45) is 4.99 Å². The van der Waals surface area contributed by atoms with Crippen LogP contribution in [0.2, 0.25) is 0 Å². The van der Waals surface area contributed by atoms with E-state index in [1.807, 2.05) is 31.3 Å². The van der Waals surface area contributed by atoms with E-state index >= 15 is 0 Å². The Balaban J connectivity index is 1.46. The van der Waals surface area contributed by atoms with Crippen LogP contribution >= 0.6 is 0 Å². The van der Waals surface area contributed by atoms with E-state index in [0.29, 0.717) is 6.61 Å². The van der Waals surface area contributed by atoms with E-state index < -0.39 is 0 Å². The van der Waals surface area contributed by atoms with E-state index in [4.69, 9.17) is 14.5 Å². The Hall–Kier alpha value is -2.83. The van der Waals surface area contributed by atoms with Crippen molar-refractivity contribution in [1.82, 2.24) is 10.2 Å². The largest absolute Gasteiger partial charge is 0.497 e. The van der Waals surface area contributed by atoms with Crippen molar-refractivity contribution in [1.29, 1.82) is 0 Å². The summed E-state index contributed by atoms with van der Waals surface area (Å²) in [6.07, 6.45) is 3.19. The summed E-state index contributed by atoms with van der Waals surface area (Å²) in [4.78, 5) is 9.34. The molecule has 1 heterocycles. The third kappa shape index (κ3) is 6.84. The fraction of sp³-hybridized carbons (Fsp3) is 0.423. The van der Waals surface area contributed by atoms with E-state index in [9.17, 15) is 0 Å². The molecule has 1 aliphatic heterocycles. The molecule has 0 aromatic heterocycles. The van der Waals surface area contributed by atoms with Crippen LogP contribution < -0.4 is 19.7 Å². The van der Waals surface area contributed by atoms with Crippen molar-refractivity contribution < 1.29 is 9.47 Å². The molecule has 6 heteroatoms. The van der Waals surface area contributed by atoms with Gasteiger partial charge in [0.2, 0.25) is 0 Å². The molecule has 3 rings (SSSR count). The molecule has 0 saturated carbocycles. The molecule has 0 spiro atoms. The Kier molecular flexibility index (Phi) is 9.13. The van der Waals surface area contributed by atoms with Gasteiger partial charge in [-0.25, -0.2) is 0 Å². The molecule has 0 fully saturated rings. The highest BCUT2D eigenvalue weighted by Gasteiger charge is 2.16. The molecule has 0 unspecified atom stereocenters. The second kappa shape index (κ2) is 12.3. The minimum absolute atomic E-state index is 0.681. The van der Waals surface area contributed by atoms with Crippen LogP contribution in [0.5, 0.6) is 11.5 Å². The number of aliphatic imine (C=N–C) groups is 1. The third-order valence-corrected chi connectivity index (χ3v) is 5.62. The number of nitrogens with zero attached hydrogens (tertiary/aromatic N) is 3. The molecular formula is C26H36N4O2. The summed E-state index contributed by atoms with van der Waals surface area (Å²) >= 11 is 0. The first-order valence-electron chi connectivity index (χ1n) is 11.3. The van der Waals surface area contributed by atoms with Crippen LogP contribution in [0, 0.1) is 0 Å². The molecule has 1 N–H and O–H groups in total. The molecule has 6 nitrogen and oxygen atoms in total. The Bertz CT molecular complexity index is 891. The van der Waals surface area contributed by atoms with Gasteiger partial charge in [-0.2, -0.15) is 0 Å². The lowest BCUT2D eigenvalue weighted by atomic mass is 10.0. The topological polar surface area (TPSA) is 49.3 Å². The lowest BCUT2D eigenvalue weighted by molar-refractivity contribution is 0.312. The highest BCUT2D eigenvalue weighted by atomic mass is 16.5. The van der Waals surface area contributed by atoms with Crippen molar-refractivity contribution in [3.8, 4) is 11.5 Å². The number of methoxy groups -OCH3 is 1. The standard InChI is InChI=1S/C26H36N4O2/c1-27-16-18-29(2)20-22-14-15-28-26(22)21-6-8-23(9-7-21)30(3)17-5-19-32-25-12-10-24(31-4)11-13-25/h6-14,27H,5,15-20H2,1-4H3. The van der Waals surface area contributed by atoms with E-state index in [-0.39, 0.29) is 0 Å². The molecule has 0 bridgehead atoms. The number of likely N-dealkylation sites (N-methyl/N-ethyl adjacent to an activating group) is 2. The fourth-order valence-corrected chi connectivity index (χ4v) is 3.70. The summed E-state index contributed by atoms with van der Waals surface area (Å²) in [7, 11) is 7.93. The number of rotatable bonds is 13. The van der Waals surface area contributed by atoms with Crippen LogP contribution in [-0.4, -0.2) is 78.2 Å². The zero-order valence-electron chi connectivity index (χ0n) is 19.8. The average Bonchev–Trinajstić information content (AvgIpc) is 3.28.